The van der Waals surface area contributed by atoms with Crippen LogP contribution in [0.4, 0.5) is 4.39 Å². The zero-order chi connectivity index (χ0) is 21.5. The summed E-state index contributed by atoms with van der Waals surface area (Å²) in [6.07, 6.45) is 4.11. The summed E-state index contributed by atoms with van der Waals surface area (Å²) < 4.78 is 19.9. The van der Waals surface area contributed by atoms with Gasteiger partial charge >= 0.3 is 0 Å². The average molecular weight is 413 g/mol. The summed E-state index contributed by atoms with van der Waals surface area (Å²) in [6, 6.07) is 13.1. The lowest BCUT2D eigenvalue weighted by molar-refractivity contribution is -0.142. The molecule has 0 aliphatic heterocycles. The van der Waals surface area contributed by atoms with Crippen LogP contribution in [0.3, 0.4) is 0 Å². The highest BCUT2D eigenvalue weighted by Gasteiger charge is 2.29. The third kappa shape index (κ3) is 5.59. The van der Waals surface area contributed by atoms with Crippen molar-refractivity contribution in [1.82, 2.24) is 10.2 Å². The van der Waals surface area contributed by atoms with E-state index in [2.05, 4.69) is 5.32 Å². The van der Waals surface area contributed by atoms with Gasteiger partial charge in [0.25, 0.3) is 5.91 Å². The van der Waals surface area contributed by atoms with Gasteiger partial charge in [-0.05, 0) is 44.4 Å². The Morgan fingerprint density at radius 2 is 1.80 bits per heavy atom. The topological polar surface area (TPSA) is 58.6 Å². The van der Waals surface area contributed by atoms with Crippen molar-refractivity contribution in [3.8, 4) is 5.75 Å². The summed E-state index contributed by atoms with van der Waals surface area (Å²) in [5.74, 6) is -0.378. The van der Waals surface area contributed by atoms with Crippen LogP contribution in [0.2, 0.25) is 0 Å². The number of rotatable bonds is 8. The number of hydrogen-bond donors (Lipinski definition) is 1. The van der Waals surface area contributed by atoms with Crippen LogP contribution in [0.15, 0.2) is 48.5 Å². The second-order valence-electron chi connectivity index (χ2n) is 7.83. The maximum Gasteiger partial charge on any atom is 0.261 e. The Labute approximate surface area is 177 Å². The van der Waals surface area contributed by atoms with E-state index in [9.17, 15) is 14.0 Å². The van der Waals surface area contributed by atoms with Crippen molar-refractivity contribution in [3.63, 3.8) is 0 Å². The lowest BCUT2D eigenvalue weighted by Gasteiger charge is -2.30. The molecule has 1 N–H and O–H groups in total. The van der Waals surface area contributed by atoms with E-state index in [0.29, 0.717) is 11.3 Å². The van der Waals surface area contributed by atoms with Gasteiger partial charge in [0.05, 0.1) is 0 Å². The quantitative estimate of drug-likeness (QED) is 0.713. The molecule has 2 aromatic rings. The molecular weight excluding hydrogens is 383 g/mol. The normalized spacial score (nSPS) is 14.9. The van der Waals surface area contributed by atoms with Crippen molar-refractivity contribution in [2.75, 3.05) is 6.61 Å². The summed E-state index contributed by atoms with van der Waals surface area (Å²) >= 11 is 0. The Bertz CT molecular complexity index is 880. The minimum absolute atomic E-state index is 0.00188. The first-order chi connectivity index (χ1) is 14.5. The van der Waals surface area contributed by atoms with Gasteiger partial charge in [-0.1, -0.05) is 49.2 Å². The lowest BCUT2D eigenvalue weighted by atomic mass is 10.1. The number of carbonyl (C=O) groups excluding carboxylic acids is 2. The highest BCUT2D eigenvalue weighted by molar-refractivity contribution is 5.88. The van der Waals surface area contributed by atoms with E-state index in [0.717, 1.165) is 31.2 Å². The molecule has 160 valence electrons. The van der Waals surface area contributed by atoms with Crippen LogP contribution >= 0.6 is 0 Å². The van der Waals surface area contributed by atoms with Gasteiger partial charge in [0.1, 0.15) is 17.6 Å². The van der Waals surface area contributed by atoms with Gasteiger partial charge in [-0.2, -0.15) is 0 Å². The molecule has 0 saturated heterocycles. The van der Waals surface area contributed by atoms with Crippen LogP contribution in [-0.2, 0) is 16.1 Å². The first kappa shape index (κ1) is 21.8. The van der Waals surface area contributed by atoms with Crippen LogP contribution in [-0.4, -0.2) is 35.4 Å². The molecule has 0 radical (unpaired) electrons. The molecule has 2 aromatic carbocycles. The fourth-order valence-electron chi connectivity index (χ4n) is 3.73. The number of benzene rings is 2. The van der Waals surface area contributed by atoms with Crippen molar-refractivity contribution < 1.29 is 18.7 Å². The number of aryl methyl sites for hydroxylation is 1. The van der Waals surface area contributed by atoms with E-state index in [-0.39, 0.29) is 31.0 Å². The van der Waals surface area contributed by atoms with Gasteiger partial charge in [-0.15, -0.1) is 0 Å². The number of carbonyl (C=O) groups is 2. The molecule has 1 aliphatic rings. The van der Waals surface area contributed by atoms with Crippen molar-refractivity contribution in [1.29, 1.82) is 0 Å². The fourth-order valence-corrected chi connectivity index (χ4v) is 3.73. The predicted octanol–water partition coefficient (Wildman–Crippen LogP) is 3.99. The molecule has 0 aromatic heterocycles. The van der Waals surface area contributed by atoms with E-state index < -0.39 is 11.9 Å². The maximum atomic E-state index is 14.2. The van der Waals surface area contributed by atoms with E-state index in [1.54, 1.807) is 31.2 Å². The third-order valence-corrected chi connectivity index (χ3v) is 5.61. The number of para-hydroxylation sites is 1. The SMILES string of the molecule is Cc1ccccc1OCC(=O)N(Cc1ccccc1F)[C@@H](C)C(=O)NC1CCCC1. The van der Waals surface area contributed by atoms with Crippen molar-refractivity contribution >= 4 is 11.8 Å². The number of amides is 2. The summed E-state index contributed by atoms with van der Waals surface area (Å²) in [5, 5.41) is 3.03. The van der Waals surface area contributed by atoms with Crippen LogP contribution in [0.25, 0.3) is 0 Å². The Balaban J connectivity index is 1.73. The molecule has 6 heteroatoms. The molecule has 30 heavy (non-hydrogen) atoms. The summed E-state index contributed by atoms with van der Waals surface area (Å²) in [4.78, 5) is 27.2. The maximum absolute atomic E-state index is 14.2. The molecule has 5 nitrogen and oxygen atoms in total. The zero-order valence-corrected chi connectivity index (χ0v) is 17.6. The smallest absolute Gasteiger partial charge is 0.261 e. The van der Waals surface area contributed by atoms with Crippen molar-refractivity contribution in [2.45, 2.75) is 58.2 Å². The molecule has 0 unspecified atom stereocenters. The standard InChI is InChI=1S/C24H29FN2O3/c1-17-9-3-8-14-22(17)30-16-23(28)27(15-19-10-4-7-13-21(19)25)18(2)24(29)26-20-11-5-6-12-20/h3-4,7-10,13-14,18,20H,5-6,11-12,15-16H2,1-2H3,(H,26,29)/t18-/m0/s1. The Morgan fingerprint density at radius 3 is 2.50 bits per heavy atom. The molecule has 1 fully saturated rings. The first-order valence-electron chi connectivity index (χ1n) is 10.5. The number of nitrogens with zero attached hydrogens (tertiary/aromatic N) is 1. The van der Waals surface area contributed by atoms with Gasteiger partial charge in [0.2, 0.25) is 5.91 Å². The van der Waals surface area contributed by atoms with Crippen molar-refractivity contribution in [3.05, 3.63) is 65.5 Å². The Hall–Kier alpha value is -2.89. The highest BCUT2D eigenvalue weighted by Crippen LogP contribution is 2.20. The average Bonchev–Trinajstić information content (AvgIpc) is 3.25. The van der Waals surface area contributed by atoms with E-state index in [1.807, 2.05) is 25.1 Å². The van der Waals surface area contributed by atoms with E-state index >= 15 is 0 Å². The molecular formula is C24H29FN2O3. The largest absolute Gasteiger partial charge is 0.484 e. The monoisotopic (exact) mass is 412 g/mol. The van der Waals surface area contributed by atoms with Gasteiger partial charge in [0.15, 0.2) is 6.61 Å². The molecule has 1 saturated carbocycles. The van der Waals surface area contributed by atoms with Crippen LogP contribution in [0, 0.1) is 12.7 Å². The molecule has 0 spiro atoms. The summed E-state index contributed by atoms with van der Waals surface area (Å²) in [6.45, 7) is 3.35. The Kier molecular flexibility index (Phi) is 7.44. The number of halogens is 1. The number of hydrogen-bond acceptors (Lipinski definition) is 3. The van der Waals surface area contributed by atoms with Crippen LogP contribution in [0.1, 0.15) is 43.7 Å². The van der Waals surface area contributed by atoms with Crippen LogP contribution < -0.4 is 10.1 Å². The van der Waals surface area contributed by atoms with Gasteiger partial charge in [-0.25, -0.2) is 4.39 Å². The number of nitrogens with one attached hydrogen (secondary N) is 1. The van der Waals surface area contributed by atoms with E-state index in [1.165, 1.54) is 11.0 Å². The molecule has 2 amide bonds. The Morgan fingerprint density at radius 1 is 1.13 bits per heavy atom. The first-order valence-corrected chi connectivity index (χ1v) is 10.5. The molecule has 0 bridgehead atoms. The van der Waals surface area contributed by atoms with Gasteiger partial charge < -0.3 is 15.0 Å². The second-order valence-corrected chi connectivity index (χ2v) is 7.83. The lowest BCUT2D eigenvalue weighted by Crippen LogP contribution is -2.50. The second kappa shape index (κ2) is 10.2. The number of ether oxygens (including phenoxy) is 1. The van der Waals surface area contributed by atoms with Crippen LogP contribution in [0.5, 0.6) is 5.75 Å². The minimum atomic E-state index is -0.738. The van der Waals surface area contributed by atoms with Gasteiger partial charge in [0, 0.05) is 18.2 Å². The molecule has 3 rings (SSSR count). The fraction of sp³-hybridized carbons (Fsp3) is 0.417. The minimum Gasteiger partial charge on any atom is -0.484 e. The third-order valence-electron chi connectivity index (χ3n) is 5.61. The molecule has 1 aliphatic carbocycles. The summed E-state index contributed by atoms with van der Waals surface area (Å²) in [5.41, 5.74) is 1.28. The molecule has 1 atom stereocenters. The van der Waals surface area contributed by atoms with E-state index in [4.69, 9.17) is 4.74 Å². The highest BCUT2D eigenvalue weighted by atomic mass is 19.1. The molecule has 0 heterocycles. The zero-order valence-electron chi connectivity index (χ0n) is 17.6. The van der Waals surface area contributed by atoms with Crippen molar-refractivity contribution in [2.24, 2.45) is 0 Å². The predicted molar refractivity (Wildman–Crippen MR) is 113 cm³/mol. The van der Waals surface area contributed by atoms with Gasteiger partial charge in [-0.3, -0.25) is 9.59 Å². The summed E-state index contributed by atoms with van der Waals surface area (Å²) in [7, 11) is 0.